The molecule has 0 bridgehead atoms. The summed E-state index contributed by atoms with van der Waals surface area (Å²) >= 11 is 0. The van der Waals surface area contributed by atoms with E-state index in [0.717, 1.165) is 36.6 Å². The third-order valence-electron chi connectivity index (χ3n) is 4.09. The normalized spacial score (nSPS) is 21.8. The fourth-order valence-electron chi connectivity index (χ4n) is 2.74. The van der Waals surface area contributed by atoms with Gasteiger partial charge in [-0.1, -0.05) is 12.1 Å². The number of methoxy groups -OCH3 is 1. The van der Waals surface area contributed by atoms with Gasteiger partial charge in [0.25, 0.3) is 0 Å². The van der Waals surface area contributed by atoms with Gasteiger partial charge in [-0.05, 0) is 32.0 Å². The molecular formula is C15H25N3O2. The molecule has 20 heavy (non-hydrogen) atoms. The molecule has 1 fully saturated rings. The van der Waals surface area contributed by atoms with Gasteiger partial charge in [0.2, 0.25) is 0 Å². The van der Waals surface area contributed by atoms with E-state index in [-0.39, 0.29) is 12.1 Å². The summed E-state index contributed by atoms with van der Waals surface area (Å²) in [5.74, 6) is 6.68. The molecule has 1 aromatic carbocycles. The second kappa shape index (κ2) is 6.54. The summed E-state index contributed by atoms with van der Waals surface area (Å²) in [5, 5.41) is 0. The summed E-state index contributed by atoms with van der Waals surface area (Å²) in [5.41, 5.74) is 6.31. The van der Waals surface area contributed by atoms with Crippen molar-refractivity contribution in [1.82, 2.24) is 10.3 Å². The van der Waals surface area contributed by atoms with Gasteiger partial charge in [0.1, 0.15) is 5.75 Å². The highest BCUT2D eigenvalue weighted by molar-refractivity contribution is 5.47. The molecule has 5 heteroatoms. The van der Waals surface area contributed by atoms with E-state index in [4.69, 9.17) is 15.3 Å². The predicted octanol–water partition coefficient (Wildman–Crippen LogP) is 1.15. The Balaban J connectivity index is 2.34. The Kier molecular flexibility index (Phi) is 4.99. The van der Waals surface area contributed by atoms with E-state index < -0.39 is 0 Å². The van der Waals surface area contributed by atoms with Crippen LogP contribution in [-0.4, -0.2) is 44.9 Å². The van der Waals surface area contributed by atoms with Gasteiger partial charge in [0.15, 0.2) is 0 Å². The summed E-state index contributed by atoms with van der Waals surface area (Å²) in [6, 6.07) is 4.10. The lowest BCUT2D eigenvalue weighted by molar-refractivity contribution is -0.0396. The number of likely N-dealkylation sites (N-methyl/N-ethyl adjacent to an activating group) is 1. The van der Waals surface area contributed by atoms with Crippen molar-refractivity contribution in [3.63, 3.8) is 0 Å². The molecule has 1 aliphatic rings. The monoisotopic (exact) mass is 279 g/mol. The molecule has 0 aromatic heterocycles. The third-order valence-corrected chi connectivity index (χ3v) is 4.09. The fraction of sp³-hybridized carbons (Fsp3) is 0.600. The first-order chi connectivity index (χ1) is 9.58. The van der Waals surface area contributed by atoms with Crippen LogP contribution in [0, 0.1) is 13.8 Å². The van der Waals surface area contributed by atoms with E-state index in [1.165, 1.54) is 5.56 Å². The van der Waals surface area contributed by atoms with E-state index in [9.17, 15) is 0 Å². The molecule has 0 saturated carbocycles. The van der Waals surface area contributed by atoms with Gasteiger partial charge in [0.05, 0.1) is 25.9 Å². The molecule has 1 aromatic rings. The number of rotatable bonds is 4. The number of aryl methyl sites for hydroxylation is 1. The third kappa shape index (κ3) is 2.96. The van der Waals surface area contributed by atoms with Crippen LogP contribution in [0.1, 0.15) is 22.7 Å². The van der Waals surface area contributed by atoms with Crippen LogP contribution in [0.3, 0.4) is 0 Å². The molecule has 1 aliphatic heterocycles. The molecule has 0 spiro atoms. The van der Waals surface area contributed by atoms with Crippen LogP contribution in [0.5, 0.6) is 5.75 Å². The minimum Gasteiger partial charge on any atom is -0.496 e. The average molecular weight is 279 g/mol. The molecule has 0 amide bonds. The Labute approximate surface area is 121 Å². The number of hydrogen-bond donors (Lipinski definition) is 2. The predicted molar refractivity (Wildman–Crippen MR) is 79.8 cm³/mol. The molecule has 2 rings (SSSR count). The van der Waals surface area contributed by atoms with Crippen molar-refractivity contribution in [3.05, 3.63) is 28.8 Å². The highest BCUT2D eigenvalue weighted by atomic mass is 16.5. The summed E-state index contributed by atoms with van der Waals surface area (Å²) < 4.78 is 11.5. The maximum Gasteiger partial charge on any atom is 0.126 e. The molecule has 2 atom stereocenters. The van der Waals surface area contributed by atoms with Gasteiger partial charge < -0.3 is 14.4 Å². The molecule has 0 aliphatic carbocycles. The van der Waals surface area contributed by atoms with E-state index in [1.54, 1.807) is 7.11 Å². The molecule has 112 valence electrons. The number of nitrogens with zero attached hydrogens (tertiary/aromatic N) is 1. The van der Waals surface area contributed by atoms with Crippen molar-refractivity contribution in [2.45, 2.75) is 26.0 Å². The number of hydrogen-bond acceptors (Lipinski definition) is 5. The zero-order chi connectivity index (χ0) is 14.7. The van der Waals surface area contributed by atoms with E-state index in [0.29, 0.717) is 0 Å². The molecule has 5 nitrogen and oxygen atoms in total. The molecule has 0 radical (unpaired) electrons. The zero-order valence-electron chi connectivity index (χ0n) is 12.8. The van der Waals surface area contributed by atoms with E-state index in [1.807, 2.05) is 0 Å². The molecule has 2 unspecified atom stereocenters. The fourth-order valence-corrected chi connectivity index (χ4v) is 2.74. The largest absolute Gasteiger partial charge is 0.496 e. The Morgan fingerprint density at radius 2 is 2.20 bits per heavy atom. The van der Waals surface area contributed by atoms with Crippen LogP contribution < -0.4 is 16.0 Å². The van der Waals surface area contributed by atoms with Crippen molar-refractivity contribution in [2.75, 3.05) is 33.9 Å². The molecule has 1 saturated heterocycles. The number of morpholine rings is 1. The topological polar surface area (TPSA) is 59.8 Å². The molecule has 3 N–H and O–H groups in total. The van der Waals surface area contributed by atoms with Gasteiger partial charge in [-0.2, -0.15) is 0 Å². The van der Waals surface area contributed by atoms with Gasteiger partial charge >= 0.3 is 0 Å². The van der Waals surface area contributed by atoms with Crippen LogP contribution in [0.2, 0.25) is 0 Å². The van der Waals surface area contributed by atoms with Crippen molar-refractivity contribution in [1.29, 1.82) is 0 Å². The van der Waals surface area contributed by atoms with Crippen LogP contribution in [-0.2, 0) is 4.74 Å². The van der Waals surface area contributed by atoms with Gasteiger partial charge in [-0.15, -0.1) is 0 Å². The average Bonchev–Trinajstić information content (AvgIpc) is 2.44. The summed E-state index contributed by atoms with van der Waals surface area (Å²) in [6.45, 7) is 6.69. The van der Waals surface area contributed by atoms with Crippen LogP contribution in [0.25, 0.3) is 0 Å². The number of hydrazine groups is 1. The van der Waals surface area contributed by atoms with E-state index >= 15 is 0 Å². The first-order valence-corrected chi connectivity index (χ1v) is 6.98. The minimum absolute atomic E-state index is 0.0229. The van der Waals surface area contributed by atoms with Gasteiger partial charge in [0, 0.05) is 18.7 Å². The first-order valence-electron chi connectivity index (χ1n) is 6.98. The second-order valence-electron chi connectivity index (χ2n) is 5.45. The quantitative estimate of drug-likeness (QED) is 0.639. The van der Waals surface area contributed by atoms with Crippen molar-refractivity contribution < 1.29 is 9.47 Å². The van der Waals surface area contributed by atoms with E-state index in [2.05, 4.69) is 43.4 Å². The Morgan fingerprint density at radius 3 is 2.80 bits per heavy atom. The first kappa shape index (κ1) is 15.3. The summed E-state index contributed by atoms with van der Waals surface area (Å²) in [4.78, 5) is 2.26. The number of nitrogens with two attached hydrogens (primary N) is 1. The van der Waals surface area contributed by atoms with Crippen LogP contribution in [0.4, 0.5) is 0 Å². The van der Waals surface area contributed by atoms with Gasteiger partial charge in [-0.25, -0.2) is 0 Å². The Bertz CT molecular complexity index is 465. The maximum absolute atomic E-state index is 5.89. The lowest BCUT2D eigenvalue weighted by Crippen LogP contribution is -2.48. The van der Waals surface area contributed by atoms with Crippen molar-refractivity contribution in [3.8, 4) is 5.75 Å². The number of ether oxygens (including phenoxy) is 2. The maximum atomic E-state index is 5.89. The highest BCUT2D eigenvalue weighted by Crippen LogP contribution is 2.33. The standard InChI is InChI=1S/C15H25N3O2/c1-10-5-6-12(15(19-4)11(10)2)14(17-16)13-9-18(3)7-8-20-13/h5-6,13-14,17H,7-9,16H2,1-4H3. The van der Waals surface area contributed by atoms with Crippen molar-refractivity contribution >= 4 is 0 Å². The minimum atomic E-state index is -0.0769. The lowest BCUT2D eigenvalue weighted by atomic mass is 9.95. The second-order valence-corrected chi connectivity index (χ2v) is 5.45. The molecule has 1 heterocycles. The Morgan fingerprint density at radius 1 is 1.45 bits per heavy atom. The summed E-state index contributed by atoms with van der Waals surface area (Å²) in [6.07, 6.45) is 0.0229. The van der Waals surface area contributed by atoms with Gasteiger partial charge in [-0.3, -0.25) is 11.3 Å². The van der Waals surface area contributed by atoms with Crippen LogP contribution >= 0.6 is 0 Å². The number of nitrogens with one attached hydrogen (secondary N) is 1. The SMILES string of the molecule is COc1c(C(NN)C2CN(C)CCO2)ccc(C)c1C. The number of benzene rings is 1. The van der Waals surface area contributed by atoms with Crippen molar-refractivity contribution in [2.24, 2.45) is 5.84 Å². The lowest BCUT2D eigenvalue weighted by Gasteiger charge is -2.35. The zero-order valence-corrected chi connectivity index (χ0v) is 12.8. The Hall–Kier alpha value is -1.14. The van der Waals surface area contributed by atoms with Crippen LogP contribution in [0.15, 0.2) is 12.1 Å². The molecular weight excluding hydrogens is 254 g/mol. The summed E-state index contributed by atoms with van der Waals surface area (Å²) in [7, 11) is 3.80. The smallest absolute Gasteiger partial charge is 0.126 e. The highest BCUT2D eigenvalue weighted by Gasteiger charge is 2.30.